The first-order chi connectivity index (χ1) is 19.5. The lowest BCUT2D eigenvalue weighted by Crippen LogP contribution is -2.46. The van der Waals surface area contributed by atoms with E-state index < -0.39 is 11.7 Å². The molecule has 0 spiro atoms. The van der Waals surface area contributed by atoms with Gasteiger partial charge in [0.2, 0.25) is 0 Å². The second-order valence-corrected chi connectivity index (χ2v) is 11.1. The van der Waals surface area contributed by atoms with Crippen molar-refractivity contribution in [3.8, 4) is 0 Å². The fraction of sp³-hybridized carbons (Fsp3) is 0.516. The molecule has 2 aromatic rings. The minimum absolute atomic E-state index is 0.00423. The standard InChI is InChI=1S/C31H40FN5O3/c32-27-13-6-5-12-25(27)29(38)33-24-14-15-28(26(22-24)30(39)36-16-7-2-8-17-36)35-18-9-19-37(21-20-35)31(40)34-23-10-3-1-4-11-23/h5-6,12-15,22-23H,1-4,7-11,16-21H2,(H,33,38)(H,34,40). The maximum atomic E-state index is 14.2. The number of hydrogen-bond donors (Lipinski definition) is 2. The molecule has 9 heteroatoms. The summed E-state index contributed by atoms with van der Waals surface area (Å²) in [4.78, 5) is 45.5. The fourth-order valence-corrected chi connectivity index (χ4v) is 6.05. The Kier molecular flexibility index (Phi) is 9.19. The quantitative estimate of drug-likeness (QED) is 0.533. The van der Waals surface area contributed by atoms with E-state index in [1.807, 2.05) is 15.9 Å². The molecule has 0 radical (unpaired) electrons. The summed E-state index contributed by atoms with van der Waals surface area (Å²) in [5, 5.41) is 6.00. The minimum Gasteiger partial charge on any atom is -0.369 e. The third-order valence-electron chi connectivity index (χ3n) is 8.30. The summed E-state index contributed by atoms with van der Waals surface area (Å²) < 4.78 is 14.2. The first-order valence-corrected chi connectivity index (χ1v) is 14.8. The molecule has 0 atom stereocenters. The number of amides is 4. The van der Waals surface area contributed by atoms with E-state index in [2.05, 4.69) is 15.5 Å². The Hall–Kier alpha value is -3.62. The molecule has 0 bridgehead atoms. The Labute approximate surface area is 235 Å². The van der Waals surface area contributed by atoms with Gasteiger partial charge in [0.05, 0.1) is 11.1 Å². The van der Waals surface area contributed by atoms with Gasteiger partial charge in [0, 0.05) is 56.7 Å². The van der Waals surface area contributed by atoms with Crippen molar-refractivity contribution in [1.82, 2.24) is 15.1 Å². The zero-order valence-electron chi connectivity index (χ0n) is 23.2. The van der Waals surface area contributed by atoms with Gasteiger partial charge in [0.1, 0.15) is 5.82 Å². The van der Waals surface area contributed by atoms with Gasteiger partial charge in [0.25, 0.3) is 11.8 Å². The number of rotatable bonds is 5. The maximum Gasteiger partial charge on any atom is 0.317 e. The van der Waals surface area contributed by atoms with Gasteiger partial charge in [-0.15, -0.1) is 0 Å². The van der Waals surface area contributed by atoms with Crippen molar-refractivity contribution in [2.45, 2.75) is 63.8 Å². The van der Waals surface area contributed by atoms with Crippen molar-refractivity contribution < 1.29 is 18.8 Å². The number of nitrogens with zero attached hydrogens (tertiary/aromatic N) is 3. The maximum absolute atomic E-state index is 14.2. The zero-order valence-corrected chi connectivity index (χ0v) is 23.2. The van der Waals surface area contributed by atoms with Crippen molar-refractivity contribution in [3.63, 3.8) is 0 Å². The van der Waals surface area contributed by atoms with Crippen molar-refractivity contribution in [2.75, 3.05) is 49.5 Å². The highest BCUT2D eigenvalue weighted by Gasteiger charge is 2.27. The predicted molar refractivity (Wildman–Crippen MR) is 154 cm³/mol. The number of nitrogens with one attached hydrogen (secondary N) is 2. The van der Waals surface area contributed by atoms with Gasteiger partial charge in [-0.05, 0) is 68.9 Å². The highest BCUT2D eigenvalue weighted by atomic mass is 19.1. The minimum atomic E-state index is -0.595. The van der Waals surface area contributed by atoms with Gasteiger partial charge in [-0.2, -0.15) is 0 Å². The highest BCUT2D eigenvalue weighted by molar-refractivity contribution is 6.06. The lowest BCUT2D eigenvalue weighted by molar-refractivity contribution is 0.0724. The number of piperidine rings is 1. The van der Waals surface area contributed by atoms with Crippen LogP contribution in [0.15, 0.2) is 42.5 Å². The van der Waals surface area contributed by atoms with Crippen LogP contribution in [0.25, 0.3) is 0 Å². The molecular weight excluding hydrogens is 509 g/mol. The number of anilines is 2. The van der Waals surface area contributed by atoms with Crippen molar-refractivity contribution in [2.24, 2.45) is 0 Å². The lowest BCUT2D eigenvalue weighted by Gasteiger charge is -2.31. The van der Waals surface area contributed by atoms with Gasteiger partial charge in [-0.25, -0.2) is 9.18 Å². The van der Waals surface area contributed by atoms with Crippen LogP contribution in [-0.2, 0) is 0 Å². The smallest absolute Gasteiger partial charge is 0.317 e. The van der Waals surface area contributed by atoms with Gasteiger partial charge in [0.15, 0.2) is 0 Å². The Morgan fingerprint density at radius 2 is 1.45 bits per heavy atom. The molecule has 2 saturated heterocycles. The van der Waals surface area contributed by atoms with E-state index >= 15 is 0 Å². The molecular formula is C31H40FN5O3. The summed E-state index contributed by atoms with van der Waals surface area (Å²) in [6, 6.07) is 11.5. The second-order valence-electron chi connectivity index (χ2n) is 11.1. The van der Waals surface area contributed by atoms with Crippen molar-refractivity contribution in [1.29, 1.82) is 0 Å². The average Bonchev–Trinajstić information content (AvgIpc) is 3.24. The molecule has 3 fully saturated rings. The van der Waals surface area contributed by atoms with Gasteiger partial charge in [-0.1, -0.05) is 31.4 Å². The van der Waals surface area contributed by atoms with Crippen LogP contribution < -0.4 is 15.5 Å². The molecule has 1 saturated carbocycles. The summed E-state index contributed by atoms with van der Waals surface area (Å²) in [5.41, 5.74) is 1.72. The van der Waals surface area contributed by atoms with E-state index in [0.717, 1.165) is 44.2 Å². The third-order valence-corrected chi connectivity index (χ3v) is 8.30. The van der Waals surface area contributed by atoms with Crippen LogP contribution in [-0.4, -0.2) is 73.0 Å². The van der Waals surface area contributed by atoms with E-state index in [0.29, 0.717) is 50.5 Å². The van der Waals surface area contributed by atoms with Crippen LogP contribution in [0.3, 0.4) is 0 Å². The van der Waals surface area contributed by atoms with Crippen LogP contribution in [0.2, 0.25) is 0 Å². The topological polar surface area (TPSA) is 85.0 Å². The lowest BCUT2D eigenvalue weighted by atomic mass is 9.96. The Bertz CT molecular complexity index is 1210. The first-order valence-electron chi connectivity index (χ1n) is 14.8. The van der Waals surface area contributed by atoms with Gasteiger partial charge >= 0.3 is 6.03 Å². The van der Waals surface area contributed by atoms with E-state index in [1.54, 1.807) is 18.2 Å². The van der Waals surface area contributed by atoms with Crippen LogP contribution in [0.5, 0.6) is 0 Å². The Morgan fingerprint density at radius 3 is 2.23 bits per heavy atom. The number of carbonyl (C=O) groups excluding carboxylic acids is 3. The molecule has 214 valence electrons. The normalized spacial score (nSPS) is 18.7. The van der Waals surface area contributed by atoms with E-state index in [1.165, 1.54) is 37.5 Å². The first kappa shape index (κ1) is 27.9. The van der Waals surface area contributed by atoms with Gasteiger partial charge < -0.3 is 25.3 Å². The largest absolute Gasteiger partial charge is 0.369 e. The number of urea groups is 1. The molecule has 5 rings (SSSR count). The summed E-state index contributed by atoms with van der Waals surface area (Å²) in [6.45, 7) is 3.98. The molecule has 2 N–H and O–H groups in total. The molecule has 2 aromatic carbocycles. The molecule has 2 heterocycles. The number of likely N-dealkylation sites (tertiary alicyclic amines) is 1. The van der Waals surface area contributed by atoms with Crippen LogP contribution in [0, 0.1) is 5.82 Å². The highest BCUT2D eigenvalue weighted by Crippen LogP contribution is 2.29. The molecule has 40 heavy (non-hydrogen) atoms. The Morgan fingerprint density at radius 1 is 0.725 bits per heavy atom. The van der Waals surface area contributed by atoms with E-state index in [-0.39, 0.29) is 23.5 Å². The third kappa shape index (κ3) is 6.74. The molecule has 3 aliphatic rings. The monoisotopic (exact) mass is 549 g/mol. The average molecular weight is 550 g/mol. The summed E-state index contributed by atoms with van der Waals surface area (Å²) in [7, 11) is 0. The van der Waals surface area contributed by atoms with Crippen LogP contribution in [0.4, 0.5) is 20.6 Å². The van der Waals surface area contributed by atoms with Crippen molar-refractivity contribution in [3.05, 3.63) is 59.4 Å². The van der Waals surface area contributed by atoms with E-state index in [9.17, 15) is 18.8 Å². The van der Waals surface area contributed by atoms with Crippen LogP contribution >= 0.6 is 0 Å². The SMILES string of the molecule is O=C(Nc1ccc(N2CCCN(C(=O)NC3CCCCC3)CC2)c(C(=O)N2CCCCC2)c1)c1ccccc1F. The van der Waals surface area contributed by atoms with E-state index in [4.69, 9.17) is 0 Å². The number of carbonyl (C=O) groups is 3. The Balaban J connectivity index is 1.33. The molecule has 8 nitrogen and oxygen atoms in total. The summed E-state index contributed by atoms with van der Waals surface area (Å²) in [5.74, 6) is -1.22. The zero-order chi connectivity index (χ0) is 27.9. The number of halogens is 1. The number of benzene rings is 2. The molecule has 0 unspecified atom stereocenters. The molecule has 2 aliphatic heterocycles. The summed E-state index contributed by atoms with van der Waals surface area (Å²) in [6.07, 6.45) is 9.53. The fourth-order valence-electron chi connectivity index (χ4n) is 6.05. The molecule has 4 amide bonds. The summed E-state index contributed by atoms with van der Waals surface area (Å²) >= 11 is 0. The molecule has 1 aliphatic carbocycles. The van der Waals surface area contributed by atoms with Gasteiger partial charge in [-0.3, -0.25) is 9.59 Å². The van der Waals surface area contributed by atoms with Crippen molar-refractivity contribution >= 4 is 29.2 Å². The predicted octanol–water partition coefficient (Wildman–Crippen LogP) is 5.26. The second kappa shape index (κ2) is 13.2. The molecule has 0 aromatic heterocycles. The number of hydrogen-bond acceptors (Lipinski definition) is 4. The van der Waals surface area contributed by atoms with Crippen LogP contribution in [0.1, 0.15) is 78.5 Å².